The summed E-state index contributed by atoms with van der Waals surface area (Å²) < 4.78 is 0. The Morgan fingerprint density at radius 3 is 2.29 bits per heavy atom. The van der Waals surface area contributed by atoms with Gasteiger partial charge in [-0.05, 0) is 19.8 Å². The molecular weight excluding hydrogens is 214 g/mol. The van der Waals surface area contributed by atoms with Gasteiger partial charge in [-0.2, -0.15) is 0 Å². The number of nitrogens with one attached hydrogen (secondary N) is 3. The second kappa shape index (κ2) is 6.36. The molecule has 1 saturated heterocycles. The molecule has 1 aliphatic carbocycles. The summed E-state index contributed by atoms with van der Waals surface area (Å²) in [4.78, 5) is 15.0. The molecule has 98 valence electrons. The third-order valence-corrected chi connectivity index (χ3v) is 4.30. The Hall–Kier alpha value is -0.610. The minimum atomic E-state index is 0.270. The molecule has 2 aliphatic rings. The molecule has 0 radical (unpaired) electrons. The van der Waals surface area contributed by atoms with Crippen molar-refractivity contribution in [3.8, 4) is 0 Å². The maximum Gasteiger partial charge on any atom is 0.275 e. The van der Waals surface area contributed by atoms with Gasteiger partial charge >= 0.3 is 0 Å². The van der Waals surface area contributed by atoms with Crippen molar-refractivity contribution >= 4 is 5.91 Å². The van der Waals surface area contributed by atoms with Gasteiger partial charge in [0.15, 0.2) is 6.54 Å². The van der Waals surface area contributed by atoms with Crippen LogP contribution in [0.15, 0.2) is 0 Å². The molecule has 0 aromatic rings. The number of hydrogen-bond donors (Lipinski definition) is 3. The van der Waals surface area contributed by atoms with E-state index in [1.54, 1.807) is 4.90 Å². The summed E-state index contributed by atoms with van der Waals surface area (Å²) in [5.41, 5.74) is 0. The second-order valence-corrected chi connectivity index (χ2v) is 5.58. The fourth-order valence-electron chi connectivity index (χ4n) is 3.06. The van der Waals surface area contributed by atoms with E-state index in [4.69, 9.17) is 0 Å². The van der Waals surface area contributed by atoms with Gasteiger partial charge in [0.25, 0.3) is 5.91 Å². The third-order valence-electron chi connectivity index (χ3n) is 4.30. The van der Waals surface area contributed by atoms with E-state index in [-0.39, 0.29) is 5.91 Å². The number of amides is 1. The molecule has 3 N–H and O–H groups in total. The number of hydrogen-bond acceptors (Lipinski definition) is 1. The summed E-state index contributed by atoms with van der Waals surface area (Å²) in [5.74, 6) is 0.270. The Labute approximate surface area is 104 Å². The first-order valence-corrected chi connectivity index (χ1v) is 7.24. The summed E-state index contributed by atoms with van der Waals surface area (Å²) in [7, 11) is 0. The first-order valence-electron chi connectivity index (χ1n) is 7.24. The molecule has 1 heterocycles. The molecule has 4 heteroatoms. The van der Waals surface area contributed by atoms with Crippen molar-refractivity contribution in [2.24, 2.45) is 0 Å². The minimum Gasteiger partial charge on any atom is -0.348 e. The Kier molecular flexibility index (Phi) is 4.80. The predicted molar refractivity (Wildman–Crippen MR) is 67.2 cm³/mol. The highest BCUT2D eigenvalue weighted by atomic mass is 16.2. The van der Waals surface area contributed by atoms with E-state index in [9.17, 15) is 4.79 Å². The maximum absolute atomic E-state index is 11.9. The highest BCUT2D eigenvalue weighted by Gasteiger charge is 2.25. The largest absolute Gasteiger partial charge is 0.348 e. The Morgan fingerprint density at radius 1 is 1.12 bits per heavy atom. The smallest absolute Gasteiger partial charge is 0.275 e. The normalized spacial score (nSPS) is 30.4. The standard InChI is InChI=1S/C13H25N3O/c1-2-15-7-9-16(10-8-15)11-13(17)14-12-5-3-4-6-12/h12H,2-11H2,1H3,(H,14,17)/p+2. The number of rotatable bonds is 4. The fourth-order valence-corrected chi connectivity index (χ4v) is 3.06. The first-order chi connectivity index (χ1) is 8.28. The Balaban J connectivity index is 1.65. The van der Waals surface area contributed by atoms with E-state index in [1.807, 2.05) is 0 Å². The molecule has 2 rings (SSSR count). The van der Waals surface area contributed by atoms with Gasteiger partial charge in [-0.15, -0.1) is 0 Å². The van der Waals surface area contributed by atoms with E-state index in [2.05, 4.69) is 12.2 Å². The van der Waals surface area contributed by atoms with Crippen LogP contribution in [-0.2, 0) is 4.79 Å². The van der Waals surface area contributed by atoms with Crippen molar-refractivity contribution in [2.75, 3.05) is 39.3 Å². The second-order valence-electron chi connectivity index (χ2n) is 5.58. The van der Waals surface area contributed by atoms with Crippen molar-refractivity contribution in [3.63, 3.8) is 0 Å². The molecular formula is C13H27N3O+2. The highest BCUT2D eigenvalue weighted by Crippen LogP contribution is 2.17. The van der Waals surface area contributed by atoms with Crippen LogP contribution in [-0.4, -0.2) is 51.2 Å². The predicted octanol–water partition coefficient (Wildman–Crippen LogP) is -2.15. The molecule has 1 amide bonds. The quantitative estimate of drug-likeness (QED) is 0.516. The fraction of sp³-hybridized carbons (Fsp3) is 0.923. The minimum absolute atomic E-state index is 0.270. The molecule has 2 fully saturated rings. The van der Waals surface area contributed by atoms with Gasteiger partial charge in [0.05, 0.1) is 6.54 Å². The molecule has 0 atom stereocenters. The number of quaternary nitrogens is 2. The van der Waals surface area contributed by atoms with Crippen LogP contribution in [0.3, 0.4) is 0 Å². The topological polar surface area (TPSA) is 38.0 Å². The average molecular weight is 241 g/mol. The van der Waals surface area contributed by atoms with Gasteiger partial charge in [-0.1, -0.05) is 12.8 Å². The monoisotopic (exact) mass is 241 g/mol. The summed E-state index contributed by atoms with van der Waals surface area (Å²) >= 11 is 0. The molecule has 0 aromatic heterocycles. The zero-order valence-corrected chi connectivity index (χ0v) is 11.1. The number of carbonyl (C=O) groups is 1. The van der Waals surface area contributed by atoms with E-state index in [1.165, 1.54) is 50.2 Å². The summed E-state index contributed by atoms with van der Waals surface area (Å²) in [6, 6.07) is 0.476. The van der Waals surface area contributed by atoms with E-state index >= 15 is 0 Å². The average Bonchev–Trinajstić information content (AvgIpc) is 2.82. The van der Waals surface area contributed by atoms with Crippen LogP contribution in [0.1, 0.15) is 32.6 Å². The van der Waals surface area contributed by atoms with Gasteiger partial charge < -0.3 is 15.1 Å². The van der Waals surface area contributed by atoms with E-state index < -0.39 is 0 Å². The molecule has 0 spiro atoms. The summed E-state index contributed by atoms with van der Waals surface area (Å²) in [5, 5.41) is 3.18. The van der Waals surface area contributed by atoms with Crippen LogP contribution in [0.2, 0.25) is 0 Å². The summed E-state index contributed by atoms with van der Waals surface area (Å²) in [6.45, 7) is 8.91. The molecule has 1 aliphatic heterocycles. The van der Waals surface area contributed by atoms with Crippen molar-refractivity contribution < 1.29 is 14.6 Å². The number of likely N-dealkylation sites (N-methyl/N-ethyl adjacent to an activating group) is 1. The Morgan fingerprint density at radius 2 is 1.71 bits per heavy atom. The number of piperazine rings is 1. The lowest BCUT2D eigenvalue weighted by atomic mass is 10.2. The van der Waals surface area contributed by atoms with Crippen LogP contribution >= 0.6 is 0 Å². The highest BCUT2D eigenvalue weighted by molar-refractivity contribution is 5.77. The van der Waals surface area contributed by atoms with Crippen LogP contribution in [0.25, 0.3) is 0 Å². The summed E-state index contributed by atoms with van der Waals surface area (Å²) in [6.07, 6.45) is 4.95. The van der Waals surface area contributed by atoms with Gasteiger partial charge in [0.1, 0.15) is 26.2 Å². The lowest BCUT2D eigenvalue weighted by molar-refractivity contribution is -1.01. The molecule has 0 bridgehead atoms. The van der Waals surface area contributed by atoms with Crippen LogP contribution in [0.4, 0.5) is 0 Å². The Bertz CT molecular complexity index is 243. The van der Waals surface area contributed by atoms with Gasteiger partial charge in [-0.3, -0.25) is 4.79 Å². The van der Waals surface area contributed by atoms with E-state index in [0.717, 1.165) is 13.1 Å². The lowest BCUT2D eigenvalue weighted by Gasteiger charge is -2.28. The van der Waals surface area contributed by atoms with Crippen LogP contribution in [0.5, 0.6) is 0 Å². The number of carbonyl (C=O) groups excluding carboxylic acids is 1. The zero-order chi connectivity index (χ0) is 12.1. The molecule has 17 heavy (non-hydrogen) atoms. The SMILES string of the molecule is CC[NH+]1CC[NH+](CC(=O)NC2CCCC2)CC1. The third kappa shape index (κ3) is 3.96. The van der Waals surface area contributed by atoms with Gasteiger partial charge in [0.2, 0.25) is 0 Å². The van der Waals surface area contributed by atoms with Crippen LogP contribution < -0.4 is 15.1 Å². The first kappa shape index (κ1) is 12.8. The van der Waals surface area contributed by atoms with Crippen molar-refractivity contribution in [3.05, 3.63) is 0 Å². The molecule has 0 unspecified atom stereocenters. The zero-order valence-electron chi connectivity index (χ0n) is 11.1. The molecule has 1 saturated carbocycles. The lowest BCUT2D eigenvalue weighted by Crippen LogP contribution is -3.28. The van der Waals surface area contributed by atoms with Crippen molar-refractivity contribution in [2.45, 2.75) is 38.6 Å². The molecule has 0 aromatic carbocycles. The van der Waals surface area contributed by atoms with Crippen molar-refractivity contribution in [1.82, 2.24) is 5.32 Å². The van der Waals surface area contributed by atoms with E-state index in [0.29, 0.717) is 12.6 Å². The molecule has 4 nitrogen and oxygen atoms in total. The van der Waals surface area contributed by atoms with Crippen LogP contribution in [0, 0.1) is 0 Å². The van der Waals surface area contributed by atoms with Gasteiger partial charge in [-0.25, -0.2) is 0 Å². The van der Waals surface area contributed by atoms with Gasteiger partial charge in [0, 0.05) is 6.04 Å². The van der Waals surface area contributed by atoms with Crippen molar-refractivity contribution in [1.29, 1.82) is 0 Å². The maximum atomic E-state index is 11.9.